The third kappa shape index (κ3) is 6.94. The van der Waals surface area contributed by atoms with Gasteiger partial charge in [0.25, 0.3) is 10.2 Å². The average molecular weight is 287 g/mol. The molecule has 0 fully saturated rings. The van der Waals surface area contributed by atoms with Crippen LogP contribution < -0.4 is 10.5 Å². The molecule has 0 aliphatic carbocycles. The first-order chi connectivity index (χ1) is 7.75. The highest BCUT2D eigenvalue weighted by Gasteiger charge is 2.17. The number of hydrogen-bond donors (Lipinski definition) is 2. The van der Waals surface area contributed by atoms with E-state index in [1.165, 1.54) is 14.0 Å². The largest absolute Gasteiger partial charge is 0.330 e. The summed E-state index contributed by atoms with van der Waals surface area (Å²) < 4.78 is 48.9. The molecule has 9 heteroatoms. The van der Waals surface area contributed by atoms with Gasteiger partial charge in [0.15, 0.2) is 9.84 Å². The molecule has 0 radical (unpaired) electrons. The van der Waals surface area contributed by atoms with Crippen molar-refractivity contribution in [2.75, 3.05) is 38.2 Å². The highest BCUT2D eigenvalue weighted by molar-refractivity contribution is 7.91. The lowest BCUT2D eigenvalue weighted by atomic mass is 10.4. The fourth-order valence-electron chi connectivity index (χ4n) is 1.01. The molecular weight excluding hydrogens is 266 g/mol. The lowest BCUT2D eigenvalue weighted by molar-refractivity contribution is 0.454. The van der Waals surface area contributed by atoms with Crippen LogP contribution in [0.3, 0.4) is 0 Å². The van der Waals surface area contributed by atoms with Crippen molar-refractivity contribution < 1.29 is 16.8 Å². The number of nitrogens with two attached hydrogens (primary N) is 1. The lowest BCUT2D eigenvalue weighted by Crippen LogP contribution is -2.41. The van der Waals surface area contributed by atoms with Gasteiger partial charge in [0.05, 0.1) is 5.75 Å². The Bertz CT molecular complexity index is 404. The van der Waals surface area contributed by atoms with Gasteiger partial charge in [0, 0.05) is 25.9 Å². The van der Waals surface area contributed by atoms with Crippen molar-refractivity contribution in [3.8, 4) is 0 Å². The second-order valence-electron chi connectivity index (χ2n) is 3.60. The zero-order valence-corrected chi connectivity index (χ0v) is 11.8. The van der Waals surface area contributed by atoms with Crippen molar-refractivity contribution in [3.05, 3.63) is 0 Å². The molecular formula is C8H21N3O4S2. The summed E-state index contributed by atoms with van der Waals surface area (Å²) in [6.07, 6.45) is 0.560. The maximum absolute atomic E-state index is 11.6. The molecule has 0 aliphatic rings. The van der Waals surface area contributed by atoms with Gasteiger partial charge in [-0.25, -0.2) is 13.1 Å². The van der Waals surface area contributed by atoms with Gasteiger partial charge < -0.3 is 5.73 Å². The summed E-state index contributed by atoms with van der Waals surface area (Å²) in [4.78, 5) is 0. The van der Waals surface area contributed by atoms with Gasteiger partial charge in [-0.05, 0) is 13.0 Å². The molecule has 0 aliphatic heterocycles. The quantitative estimate of drug-likeness (QED) is 0.538. The van der Waals surface area contributed by atoms with E-state index in [2.05, 4.69) is 4.72 Å². The Kier molecular flexibility index (Phi) is 7.17. The number of nitrogens with zero attached hydrogens (tertiary/aromatic N) is 1. The van der Waals surface area contributed by atoms with Crippen LogP contribution in [0.1, 0.15) is 13.3 Å². The first kappa shape index (κ1) is 16.8. The van der Waals surface area contributed by atoms with Gasteiger partial charge in [-0.3, -0.25) is 0 Å². The molecule has 0 atom stereocenters. The van der Waals surface area contributed by atoms with Crippen LogP contribution >= 0.6 is 0 Å². The van der Waals surface area contributed by atoms with Crippen LogP contribution in [0.2, 0.25) is 0 Å². The number of rotatable bonds is 9. The Hall–Kier alpha value is -0.220. The van der Waals surface area contributed by atoms with Crippen LogP contribution in [0.25, 0.3) is 0 Å². The standard InChI is InChI=1S/C8H21N3O4S2/c1-3-16(12,13)8-6-10-17(14,15)11(2)7-4-5-9/h10H,3-9H2,1-2H3. The Balaban J connectivity index is 4.19. The summed E-state index contributed by atoms with van der Waals surface area (Å²) in [6, 6.07) is 0. The van der Waals surface area contributed by atoms with Crippen molar-refractivity contribution in [1.29, 1.82) is 0 Å². The molecule has 104 valence electrons. The van der Waals surface area contributed by atoms with Crippen molar-refractivity contribution in [3.63, 3.8) is 0 Å². The molecule has 3 N–H and O–H groups in total. The maximum Gasteiger partial charge on any atom is 0.279 e. The van der Waals surface area contributed by atoms with E-state index in [-0.39, 0.29) is 18.1 Å². The summed E-state index contributed by atoms with van der Waals surface area (Å²) >= 11 is 0. The third-order valence-corrected chi connectivity index (χ3v) is 5.50. The third-order valence-electron chi connectivity index (χ3n) is 2.22. The molecule has 0 heterocycles. The van der Waals surface area contributed by atoms with E-state index in [4.69, 9.17) is 5.73 Å². The van der Waals surface area contributed by atoms with Crippen molar-refractivity contribution in [1.82, 2.24) is 9.03 Å². The highest BCUT2D eigenvalue weighted by atomic mass is 32.2. The van der Waals surface area contributed by atoms with Gasteiger partial charge in [-0.2, -0.15) is 12.7 Å². The molecule has 0 saturated carbocycles. The molecule has 0 aromatic heterocycles. The molecule has 0 spiro atoms. The van der Waals surface area contributed by atoms with E-state index < -0.39 is 20.0 Å². The maximum atomic E-state index is 11.6. The normalized spacial score (nSPS) is 13.2. The Morgan fingerprint density at radius 3 is 2.29 bits per heavy atom. The van der Waals surface area contributed by atoms with Crippen LogP contribution in [-0.2, 0) is 20.0 Å². The van der Waals surface area contributed by atoms with Gasteiger partial charge in [0.1, 0.15) is 0 Å². The van der Waals surface area contributed by atoms with E-state index in [1.54, 1.807) is 0 Å². The predicted octanol–water partition coefficient (Wildman–Crippen LogP) is -1.46. The van der Waals surface area contributed by atoms with E-state index >= 15 is 0 Å². The fourth-order valence-corrected chi connectivity index (χ4v) is 2.80. The molecule has 0 bridgehead atoms. The van der Waals surface area contributed by atoms with Crippen LogP contribution in [-0.4, -0.2) is 59.3 Å². The molecule has 0 aromatic rings. The van der Waals surface area contributed by atoms with Crippen LogP contribution in [0.5, 0.6) is 0 Å². The van der Waals surface area contributed by atoms with Crippen LogP contribution in [0.4, 0.5) is 0 Å². The first-order valence-corrected chi connectivity index (χ1v) is 8.62. The second kappa shape index (κ2) is 7.27. The summed E-state index contributed by atoms with van der Waals surface area (Å²) in [7, 11) is -5.33. The van der Waals surface area contributed by atoms with Crippen LogP contribution in [0, 0.1) is 0 Å². The Morgan fingerprint density at radius 1 is 1.24 bits per heavy atom. The van der Waals surface area contributed by atoms with Gasteiger partial charge >= 0.3 is 0 Å². The number of sulfone groups is 1. The summed E-state index contributed by atoms with van der Waals surface area (Å²) in [5.41, 5.74) is 5.27. The summed E-state index contributed by atoms with van der Waals surface area (Å²) in [6.45, 7) is 2.14. The van der Waals surface area contributed by atoms with E-state index in [0.717, 1.165) is 4.31 Å². The molecule has 0 amide bonds. The zero-order valence-electron chi connectivity index (χ0n) is 10.2. The molecule has 0 unspecified atom stereocenters. The minimum absolute atomic E-state index is 0.0116. The van der Waals surface area contributed by atoms with Crippen molar-refractivity contribution in [2.24, 2.45) is 5.73 Å². The second-order valence-corrected chi connectivity index (χ2v) is 7.93. The summed E-state index contributed by atoms with van der Waals surface area (Å²) in [5.74, 6) is -0.175. The van der Waals surface area contributed by atoms with E-state index in [9.17, 15) is 16.8 Å². The van der Waals surface area contributed by atoms with Gasteiger partial charge in [-0.15, -0.1) is 0 Å². The van der Waals surface area contributed by atoms with E-state index in [0.29, 0.717) is 19.5 Å². The van der Waals surface area contributed by atoms with Gasteiger partial charge in [-0.1, -0.05) is 6.92 Å². The van der Waals surface area contributed by atoms with Crippen molar-refractivity contribution >= 4 is 20.0 Å². The molecule has 17 heavy (non-hydrogen) atoms. The topological polar surface area (TPSA) is 110 Å². The zero-order chi connectivity index (χ0) is 13.5. The minimum Gasteiger partial charge on any atom is -0.330 e. The number of nitrogens with one attached hydrogen (secondary N) is 1. The first-order valence-electron chi connectivity index (χ1n) is 5.36. The summed E-state index contributed by atoms with van der Waals surface area (Å²) in [5, 5.41) is 0. The van der Waals surface area contributed by atoms with Gasteiger partial charge in [0.2, 0.25) is 0 Å². The molecule has 7 nitrogen and oxygen atoms in total. The van der Waals surface area contributed by atoms with Crippen LogP contribution in [0.15, 0.2) is 0 Å². The Morgan fingerprint density at radius 2 is 1.82 bits per heavy atom. The van der Waals surface area contributed by atoms with E-state index in [1.807, 2.05) is 0 Å². The molecule has 0 aromatic carbocycles. The lowest BCUT2D eigenvalue weighted by Gasteiger charge is -2.17. The SMILES string of the molecule is CCS(=O)(=O)CCNS(=O)(=O)N(C)CCCN. The molecule has 0 saturated heterocycles. The number of hydrogen-bond acceptors (Lipinski definition) is 5. The molecule has 0 rings (SSSR count). The monoisotopic (exact) mass is 287 g/mol. The van der Waals surface area contributed by atoms with Crippen molar-refractivity contribution in [2.45, 2.75) is 13.3 Å². The predicted molar refractivity (Wildman–Crippen MR) is 67.6 cm³/mol. The Labute approximate surface area is 103 Å². The average Bonchev–Trinajstić information content (AvgIpc) is 2.25. The fraction of sp³-hybridized carbons (Fsp3) is 1.00. The highest BCUT2D eigenvalue weighted by Crippen LogP contribution is 1.95. The minimum atomic E-state index is -3.60. The smallest absolute Gasteiger partial charge is 0.279 e.